The van der Waals surface area contributed by atoms with Crippen molar-refractivity contribution in [1.29, 1.82) is 0 Å². The number of nitrogens with one attached hydrogen (secondary N) is 2. The first kappa shape index (κ1) is 21.3. The van der Waals surface area contributed by atoms with Crippen LogP contribution in [0.15, 0.2) is 28.8 Å². The van der Waals surface area contributed by atoms with E-state index in [0.29, 0.717) is 0 Å². The van der Waals surface area contributed by atoms with Gasteiger partial charge in [-0.15, -0.1) is 0 Å². The molecule has 28 heavy (non-hydrogen) atoms. The van der Waals surface area contributed by atoms with E-state index in [2.05, 4.69) is 25.5 Å². The first-order valence-electron chi connectivity index (χ1n) is 8.01. The van der Waals surface area contributed by atoms with Gasteiger partial charge in [0.05, 0.1) is 0 Å². The lowest BCUT2D eigenvalue weighted by Gasteiger charge is -2.16. The molecular weight excluding hydrogens is 385 g/mol. The SMILES string of the molecule is CC(CNC(=O)c1ccc(-c2noc(C(F)(F)F)n2)cc1)NOC(C)C(=O)O. The van der Waals surface area contributed by atoms with E-state index in [1.165, 1.54) is 31.2 Å². The molecule has 1 aromatic heterocycles. The Morgan fingerprint density at radius 2 is 1.89 bits per heavy atom. The fourth-order valence-corrected chi connectivity index (χ4v) is 1.88. The lowest BCUT2D eigenvalue weighted by atomic mass is 10.1. The molecule has 0 spiro atoms. The van der Waals surface area contributed by atoms with Crippen molar-refractivity contribution >= 4 is 11.9 Å². The molecule has 9 nitrogen and oxygen atoms in total. The van der Waals surface area contributed by atoms with Gasteiger partial charge in [0, 0.05) is 23.7 Å². The Balaban J connectivity index is 1.89. The number of amides is 1. The Morgan fingerprint density at radius 3 is 2.43 bits per heavy atom. The van der Waals surface area contributed by atoms with Gasteiger partial charge in [0.1, 0.15) is 0 Å². The standard InChI is InChI=1S/C16H17F3N4O5/c1-8(22-27-9(2)14(25)26)7-20-13(24)11-5-3-10(4-6-11)12-21-15(28-23-12)16(17,18)19/h3-6,8-9,22H,7H2,1-2H3,(H,20,24)(H,25,26). The number of alkyl halides is 3. The number of hydrogen-bond acceptors (Lipinski definition) is 7. The second-order valence-electron chi connectivity index (χ2n) is 5.83. The van der Waals surface area contributed by atoms with Gasteiger partial charge in [-0.1, -0.05) is 17.3 Å². The zero-order valence-electron chi connectivity index (χ0n) is 14.8. The average molecular weight is 402 g/mol. The maximum Gasteiger partial charge on any atom is 0.471 e. The van der Waals surface area contributed by atoms with E-state index < -0.39 is 30.0 Å². The minimum atomic E-state index is -4.73. The summed E-state index contributed by atoms with van der Waals surface area (Å²) in [5.74, 6) is -3.27. The molecule has 0 aliphatic heterocycles. The summed E-state index contributed by atoms with van der Waals surface area (Å²) in [6, 6.07) is 5.20. The van der Waals surface area contributed by atoms with Crippen molar-refractivity contribution in [3.8, 4) is 11.4 Å². The molecule has 0 fully saturated rings. The van der Waals surface area contributed by atoms with Gasteiger partial charge in [0.25, 0.3) is 5.91 Å². The van der Waals surface area contributed by atoms with Gasteiger partial charge in [0.15, 0.2) is 6.10 Å². The van der Waals surface area contributed by atoms with Crippen LogP contribution in [0.25, 0.3) is 11.4 Å². The van der Waals surface area contributed by atoms with Crippen LogP contribution in [0.4, 0.5) is 13.2 Å². The fourth-order valence-electron chi connectivity index (χ4n) is 1.88. The molecule has 152 valence electrons. The second kappa shape index (κ2) is 8.80. The van der Waals surface area contributed by atoms with Gasteiger partial charge < -0.3 is 14.9 Å². The van der Waals surface area contributed by atoms with Crippen LogP contribution in [0.1, 0.15) is 30.1 Å². The number of aliphatic carboxylic acids is 1. The quantitative estimate of drug-likeness (QED) is 0.571. The smallest absolute Gasteiger partial charge is 0.471 e. The summed E-state index contributed by atoms with van der Waals surface area (Å²) in [4.78, 5) is 30.9. The lowest BCUT2D eigenvalue weighted by molar-refractivity contribution is -0.159. The normalized spacial score (nSPS) is 13.8. The highest BCUT2D eigenvalue weighted by atomic mass is 19.4. The molecule has 0 saturated carbocycles. The highest BCUT2D eigenvalue weighted by Gasteiger charge is 2.38. The number of nitrogens with zero attached hydrogens (tertiary/aromatic N) is 2. The summed E-state index contributed by atoms with van der Waals surface area (Å²) in [5.41, 5.74) is 3.01. The van der Waals surface area contributed by atoms with Crippen LogP contribution < -0.4 is 10.8 Å². The van der Waals surface area contributed by atoms with Crippen molar-refractivity contribution in [1.82, 2.24) is 20.9 Å². The number of benzene rings is 1. The molecule has 0 bridgehead atoms. The summed E-state index contributed by atoms with van der Waals surface area (Å²) >= 11 is 0. The van der Waals surface area contributed by atoms with Gasteiger partial charge in [-0.05, 0) is 26.0 Å². The van der Waals surface area contributed by atoms with Gasteiger partial charge >= 0.3 is 18.0 Å². The number of rotatable bonds is 8. The minimum Gasteiger partial charge on any atom is -0.479 e. The molecule has 1 amide bonds. The van der Waals surface area contributed by atoms with Gasteiger partial charge in [-0.3, -0.25) is 9.63 Å². The van der Waals surface area contributed by atoms with Crippen molar-refractivity contribution in [2.45, 2.75) is 32.2 Å². The molecule has 2 rings (SSSR count). The number of hydrogen-bond donors (Lipinski definition) is 3. The summed E-state index contributed by atoms with van der Waals surface area (Å²) in [6.07, 6.45) is -5.78. The average Bonchev–Trinajstić information content (AvgIpc) is 3.14. The van der Waals surface area contributed by atoms with Gasteiger partial charge in [-0.2, -0.15) is 23.6 Å². The molecule has 2 aromatic rings. The number of halogens is 3. The van der Waals surface area contributed by atoms with Crippen LogP contribution in [0.5, 0.6) is 0 Å². The number of carboxylic acid groups (broad SMARTS) is 1. The monoisotopic (exact) mass is 402 g/mol. The van der Waals surface area contributed by atoms with Crippen molar-refractivity contribution in [2.24, 2.45) is 0 Å². The molecular formula is C16H17F3N4O5. The van der Waals surface area contributed by atoms with E-state index in [9.17, 15) is 22.8 Å². The predicted octanol–water partition coefficient (Wildman–Crippen LogP) is 1.87. The highest BCUT2D eigenvalue weighted by molar-refractivity contribution is 5.94. The van der Waals surface area contributed by atoms with Crippen molar-refractivity contribution < 1.29 is 37.2 Å². The zero-order chi connectivity index (χ0) is 20.9. The number of aromatic nitrogens is 2. The summed E-state index contributed by atoms with van der Waals surface area (Å²) in [6.45, 7) is 3.17. The molecule has 2 unspecified atom stereocenters. The van der Waals surface area contributed by atoms with Crippen molar-refractivity contribution in [3.63, 3.8) is 0 Å². The molecule has 3 N–H and O–H groups in total. The third-order valence-corrected chi connectivity index (χ3v) is 3.44. The first-order chi connectivity index (χ1) is 13.1. The van der Waals surface area contributed by atoms with Gasteiger partial charge in [0.2, 0.25) is 5.82 Å². The van der Waals surface area contributed by atoms with Crippen LogP contribution in [-0.2, 0) is 15.8 Å². The van der Waals surface area contributed by atoms with Crippen LogP contribution >= 0.6 is 0 Å². The predicted molar refractivity (Wildman–Crippen MR) is 87.8 cm³/mol. The van der Waals surface area contributed by atoms with Crippen molar-refractivity contribution in [2.75, 3.05) is 6.54 Å². The number of carbonyl (C=O) groups excluding carboxylic acids is 1. The minimum absolute atomic E-state index is 0.146. The van der Waals surface area contributed by atoms with Gasteiger partial charge in [-0.25, -0.2) is 4.79 Å². The van der Waals surface area contributed by atoms with Crippen molar-refractivity contribution in [3.05, 3.63) is 35.7 Å². The Hall–Kier alpha value is -2.99. The molecule has 1 heterocycles. The summed E-state index contributed by atoms with van der Waals surface area (Å²) < 4.78 is 41.6. The van der Waals surface area contributed by atoms with E-state index in [-0.39, 0.29) is 29.5 Å². The number of hydroxylamine groups is 1. The summed E-state index contributed by atoms with van der Waals surface area (Å²) in [5, 5.41) is 14.6. The zero-order valence-corrected chi connectivity index (χ0v) is 14.8. The van der Waals surface area contributed by atoms with Crippen LogP contribution in [0.2, 0.25) is 0 Å². The Morgan fingerprint density at radius 1 is 1.25 bits per heavy atom. The third-order valence-electron chi connectivity index (χ3n) is 3.44. The van der Waals surface area contributed by atoms with E-state index >= 15 is 0 Å². The fraction of sp³-hybridized carbons (Fsp3) is 0.375. The second-order valence-corrected chi connectivity index (χ2v) is 5.83. The molecule has 12 heteroatoms. The topological polar surface area (TPSA) is 127 Å². The maximum absolute atomic E-state index is 12.5. The Bertz CT molecular complexity index is 822. The number of carbonyl (C=O) groups is 2. The maximum atomic E-state index is 12.5. The molecule has 1 aromatic carbocycles. The largest absolute Gasteiger partial charge is 0.479 e. The van der Waals surface area contributed by atoms with E-state index in [1.807, 2.05) is 0 Å². The Labute approximate surface area is 156 Å². The first-order valence-corrected chi connectivity index (χ1v) is 8.01. The molecule has 0 aliphatic rings. The lowest BCUT2D eigenvalue weighted by Crippen LogP contribution is -2.41. The third kappa shape index (κ3) is 5.76. The highest BCUT2D eigenvalue weighted by Crippen LogP contribution is 2.29. The molecule has 0 aliphatic carbocycles. The van der Waals surface area contributed by atoms with E-state index in [1.54, 1.807) is 6.92 Å². The molecule has 0 saturated heterocycles. The molecule has 2 atom stereocenters. The van der Waals surface area contributed by atoms with Crippen LogP contribution in [0.3, 0.4) is 0 Å². The Kier molecular flexibility index (Phi) is 6.70. The van der Waals surface area contributed by atoms with Crippen LogP contribution in [-0.4, -0.2) is 45.8 Å². The number of carboxylic acids is 1. The summed E-state index contributed by atoms with van der Waals surface area (Å²) in [7, 11) is 0. The van der Waals surface area contributed by atoms with Crippen LogP contribution in [0, 0.1) is 0 Å². The van der Waals surface area contributed by atoms with E-state index in [4.69, 9.17) is 9.94 Å². The van der Waals surface area contributed by atoms with E-state index in [0.717, 1.165) is 0 Å². The molecule has 0 radical (unpaired) electrons.